The summed E-state index contributed by atoms with van der Waals surface area (Å²) >= 11 is 12.6. The second-order valence-corrected chi connectivity index (χ2v) is 9.75. The average Bonchev–Trinajstić information content (AvgIpc) is 3.29. The zero-order valence-electron chi connectivity index (χ0n) is 20.0. The highest BCUT2D eigenvalue weighted by molar-refractivity contribution is 6.35. The summed E-state index contributed by atoms with van der Waals surface area (Å²) in [5.74, 6) is 0.705. The van der Waals surface area contributed by atoms with Gasteiger partial charge in [0.15, 0.2) is 0 Å². The van der Waals surface area contributed by atoms with Crippen LogP contribution < -0.4 is 10.1 Å². The molecule has 0 unspecified atom stereocenters. The smallest absolute Gasteiger partial charge is 0.124 e. The minimum Gasteiger partial charge on any atom is -0.486 e. The molecule has 1 atom stereocenters. The van der Waals surface area contributed by atoms with E-state index >= 15 is 0 Å². The molecule has 0 radical (unpaired) electrons. The summed E-state index contributed by atoms with van der Waals surface area (Å²) in [5.41, 5.74) is 4.87. The van der Waals surface area contributed by atoms with Crippen molar-refractivity contribution in [1.82, 2.24) is 20.5 Å². The second-order valence-electron chi connectivity index (χ2n) is 8.94. The summed E-state index contributed by atoms with van der Waals surface area (Å²) in [5, 5.41) is 13.2. The van der Waals surface area contributed by atoms with Crippen LogP contribution in [0.15, 0.2) is 54.9 Å². The van der Waals surface area contributed by atoms with Gasteiger partial charge in [-0.05, 0) is 55.2 Å². The summed E-state index contributed by atoms with van der Waals surface area (Å²) in [6, 6.07) is 14.9. The molecule has 4 aromatic rings. The molecular weight excluding hydrogens is 495 g/mol. The van der Waals surface area contributed by atoms with E-state index in [1.165, 1.54) is 5.56 Å². The van der Waals surface area contributed by atoms with Gasteiger partial charge in [0.2, 0.25) is 0 Å². The van der Waals surface area contributed by atoms with Crippen molar-refractivity contribution >= 4 is 46.3 Å². The van der Waals surface area contributed by atoms with Crippen molar-refractivity contribution in [2.24, 2.45) is 0 Å². The third-order valence-corrected chi connectivity index (χ3v) is 6.98. The summed E-state index contributed by atoms with van der Waals surface area (Å²) in [6.07, 6.45) is 9.04. The zero-order chi connectivity index (χ0) is 24.9. The molecule has 3 heterocycles. The number of nitrogens with one attached hydrogen (secondary N) is 2. The fraction of sp³-hybridized carbons (Fsp3) is 0.286. The molecule has 0 aliphatic carbocycles. The molecule has 5 rings (SSSR count). The number of aromatic nitrogens is 3. The molecule has 1 fully saturated rings. The molecule has 6 nitrogen and oxygen atoms in total. The Bertz CT molecular complexity index is 1340. The van der Waals surface area contributed by atoms with Gasteiger partial charge in [-0.25, -0.2) is 0 Å². The largest absolute Gasteiger partial charge is 0.486 e. The number of nitrogens with zero attached hydrogens (tertiary/aromatic N) is 2. The van der Waals surface area contributed by atoms with Gasteiger partial charge in [-0.15, -0.1) is 0 Å². The Labute approximate surface area is 220 Å². The van der Waals surface area contributed by atoms with Crippen molar-refractivity contribution < 1.29 is 9.47 Å². The van der Waals surface area contributed by atoms with E-state index in [2.05, 4.69) is 50.8 Å². The molecule has 2 aromatic heterocycles. The summed E-state index contributed by atoms with van der Waals surface area (Å²) in [4.78, 5) is 4.01. The minimum absolute atomic E-state index is 0.339. The van der Waals surface area contributed by atoms with Crippen LogP contribution in [0.5, 0.6) is 5.75 Å². The Morgan fingerprint density at radius 1 is 1.11 bits per heavy atom. The van der Waals surface area contributed by atoms with Crippen LogP contribution in [0.2, 0.25) is 10.0 Å². The highest BCUT2D eigenvalue weighted by atomic mass is 35.5. The van der Waals surface area contributed by atoms with Crippen molar-refractivity contribution in [2.75, 3.05) is 13.2 Å². The molecule has 1 aliphatic heterocycles. The number of H-pyrrole nitrogens is 1. The molecule has 1 aliphatic rings. The molecular formula is C28H28Cl2N4O2. The van der Waals surface area contributed by atoms with E-state index in [0.29, 0.717) is 27.4 Å². The molecule has 0 amide bonds. The molecule has 0 spiro atoms. The maximum absolute atomic E-state index is 6.30. The van der Waals surface area contributed by atoms with Gasteiger partial charge in [0.1, 0.15) is 11.9 Å². The van der Waals surface area contributed by atoms with Crippen molar-refractivity contribution in [1.29, 1.82) is 0 Å². The number of fused-ring (bicyclic) bond motifs is 1. The first kappa shape index (κ1) is 24.8. The van der Waals surface area contributed by atoms with Crippen LogP contribution >= 0.6 is 23.2 Å². The molecule has 2 aromatic carbocycles. The highest BCUT2D eigenvalue weighted by Gasteiger charge is 2.17. The maximum Gasteiger partial charge on any atom is 0.124 e. The molecule has 0 bridgehead atoms. The van der Waals surface area contributed by atoms with E-state index in [0.717, 1.165) is 54.8 Å². The van der Waals surface area contributed by atoms with Gasteiger partial charge in [0.05, 0.1) is 21.3 Å². The fourth-order valence-corrected chi connectivity index (χ4v) is 5.10. The van der Waals surface area contributed by atoms with Crippen molar-refractivity contribution in [3.63, 3.8) is 0 Å². The quantitative estimate of drug-likeness (QED) is 0.265. The van der Waals surface area contributed by atoms with E-state index in [9.17, 15) is 0 Å². The van der Waals surface area contributed by atoms with Gasteiger partial charge in [-0.1, -0.05) is 53.5 Å². The zero-order valence-corrected chi connectivity index (χ0v) is 21.5. The van der Waals surface area contributed by atoms with Crippen LogP contribution in [0.25, 0.3) is 23.1 Å². The third kappa shape index (κ3) is 5.90. The lowest BCUT2D eigenvalue weighted by atomic mass is 10.1. The Morgan fingerprint density at radius 2 is 1.92 bits per heavy atom. The predicted octanol–water partition coefficient (Wildman–Crippen LogP) is 6.84. The standard InChI is InChI=1S/C28H28Cl2N4O2/c1-18(28-24(29)16-31-17-25(28)30)36-22-6-8-27-23(14-22)26(33-34-27)7-5-19-3-2-4-20(13-19)15-32-21-9-11-35-12-10-21/h2-8,13-14,16-18,21,32H,9-12,15H2,1H3,(H,33,34)/b7-5+/t18-/m1/s1. The van der Waals surface area contributed by atoms with Crippen molar-refractivity contribution in [3.05, 3.63) is 87.3 Å². The van der Waals surface area contributed by atoms with Gasteiger partial charge in [-0.3, -0.25) is 10.1 Å². The molecule has 186 valence electrons. The Hall–Kier alpha value is -2.90. The Morgan fingerprint density at radius 3 is 2.72 bits per heavy atom. The molecule has 8 heteroatoms. The molecule has 1 saturated heterocycles. The number of aromatic amines is 1. The SMILES string of the molecule is C[C@@H](Oc1ccc2[nH]nc(/C=C/c3cccc(CNC4CCOCC4)c3)c2c1)c1c(Cl)cncc1Cl. The van der Waals surface area contributed by atoms with Gasteiger partial charge < -0.3 is 14.8 Å². The molecule has 36 heavy (non-hydrogen) atoms. The van der Waals surface area contributed by atoms with Crippen LogP contribution in [-0.4, -0.2) is 34.4 Å². The van der Waals surface area contributed by atoms with E-state index in [1.807, 2.05) is 31.2 Å². The monoisotopic (exact) mass is 522 g/mol. The fourth-order valence-electron chi connectivity index (χ4n) is 4.43. The summed E-state index contributed by atoms with van der Waals surface area (Å²) in [7, 11) is 0. The topological polar surface area (TPSA) is 72.1 Å². The number of pyridine rings is 1. The summed E-state index contributed by atoms with van der Waals surface area (Å²) in [6.45, 7) is 4.45. The number of benzene rings is 2. The van der Waals surface area contributed by atoms with Gasteiger partial charge >= 0.3 is 0 Å². The predicted molar refractivity (Wildman–Crippen MR) is 145 cm³/mol. The first-order chi connectivity index (χ1) is 17.6. The Kier molecular flexibility index (Phi) is 7.87. The van der Waals surface area contributed by atoms with E-state index < -0.39 is 0 Å². The van der Waals surface area contributed by atoms with Crippen LogP contribution in [0, 0.1) is 0 Å². The van der Waals surface area contributed by atoms with E-state index in [-0.39, 0.29) is 6.10 Å². The lowest BCUT2D eigenvalue weighted by molar-refractivity contribution is 0.0776. The normalized spacial score (nSPS) is 15.5. The van der Waals surface area contributed by atoms with E-state index in [4.69, 9.17) is 32.7 Å². The highest BCUT2D eigenvalue weighted by Crippen LogP contribution is 2.33. The maximum atomic E-state index is 6.30. The Balaban J connectivity index is 1.29. The second kappa shape index (κ2) is 11.4. The van der Waals surface area contributed by atoms with Gasteiger partial charge in [0.25, 0.3) is 0 Å². The third-order valence-electron chi connectivity index (χ3n) is 6.37. The van der Waals surface area contributed by atoms with Gasteiger partial charge in [0, 0.05) is 49.1 Å². The average molecular weight is 523 g/mol. The van der Waals surface area contributed by atoms with Crippen LogP contribution in [0.3, 0.4) is 0 Å². The van der Waals surface area contributed by atoms with Crippen LogP contribution in [-0.2, 0) is 11.3 Å². The lowest BCUT2D eigenvalue weighted by Gasteiger charge is -2.23. The number of hydrogen-bond donors (Lipinski definition) is 2. The minimum atomic E-state index is -0.339. The first-order valence-corrected chi connectivity index (χ1v) is 12.8. The van der Waals surface area contributed by atoms with Crippen molar-refractivity contribution in [2.45, 2.75) is 38.5 Å². The lowest BCUT2D eigenvalue weighted by Crippen LogP contribution is -2.34. The molecule has 2 N–H and O–H groups in total. The number of hydrogen-bond acceptors (Lipinski definition) is 5. The number of ether oxygens (including phenoxy) is 2. The van der Waals surface area contributed by atoms with Crippen LogP contribution in [0.1, 0.15) is 48.3 Å². The number of rotatable bonds is 8. The van der Waals surface area contributed by atoms with Crippen LogP contribution in [0.4, 0.5) is 0 Å². The van der Waals surface area contributed by atoms with Crippen molar-refractivity contribution in [3.8, 4) is 5.75 Å². The van der Waals surface area contributed by atoms with Gasteiger partial charge in [-0.2, -0.15) is 5.10 Å². The summed E-state index contributed by atoms with van der Waals surface area (Å²) < 4.78 is 11.6. The molecule has 0 saturated carbocycles. The van der Waals surface area contributed by atoms with E-state index in [1.54, 1.807) is 12.4 Å². The first-order valence-electron chi connectivity index (χ1n) is 12.1. The number of halogens is 2.